The van der Waals surface area contributed by atoms with Gasteiger partial charge in [0.25, 0.3) is 0 Å². The van der Waals surface area contributed by atoms with Crippen LogP contribution >= 0.6 is 0 Å². The molecule has 0 bridgehead atoms. The topological polar surface area (TPSA) is 41.6 Å². The highest BCUT2D eigenvalue weighted by Gasteiger charge is 2.34. The maximum absolute atomic E-state index is 12.0. The van der Waals surface area contributed by atoms with Gasteiger partial charge < -0.3 is 10.1 Å². The lowest BCUT2D eigenvalue weighted by Crippen LogP contribution is -2.37. The summed E-state index contributed by atoms with van der Waals surface area (Å²) in [5, 5.41) is 3.57. The molecule has 2 aliphatic rings. The third-order valence-electron chi connectivity index (χ3n) is 4.58. The van der Waals surface area contributed by atoms with Gasteiger partial charge in [0.15, 0.2) is 0 Å². The molecule has 0 aromatic heterocycles. The van der Waals surface area contributed by atoms with E-state index in [1.165, 1.54) is 32.9 Å². The Bertz CT molecular complexity index is 473. The zero-order valence-electron chi connectivity index (χ0n) is 12.6. The van der Waals surface area contributed by atoms with Gasteiger partial charge in [0, 0.05) is 31.7 Å². The summed E-state index contributed by atoms with van der Waals surface area (Å²) in [6.45, 7) is 2.96. The number of benzene rings is 1. The van der Waals surface area contributed by atoms with Crippen molar-refractivity contribution in [2.24, 2.45) is 0 Å². The van der Waals surface area contributed by atoms with Gasteiger partial charge in [-0.2, -0.15) is 0 Å². The number of methoxy groups -OCH3 is 1. The Labute approximate surface area is 126 Å². The second-order valence-electron chi connectivity index (χ2n) is 6.11. The van der Waals surface area contributed by atoms with Crippen molar-refractivity contribution in [2.75, 3.05) is 26.7 Å². The molecule has 21 heavy (non-hydrogen) atoms. The van der Waals surface area contributed by atoms with Crippen molar-refractivity contribution in [3.63, 3.8) is 0 Å². The van der Waals surface area contributed by atoms with E-state index in [0.29, 0.717) is 12.6 Å². The zero-order valence-corrected chi connectivity index (χ0v) is 12.6. The SMILES string of the molecule is COC(=O)C(CNC1CCN(C2CC2)C1)c1ccccc1. The van der Waals surface area contributed by atoms with E-state index < -0.39 is 0 Å². The van der Waals surface area contributed by atoms with Gasteiger partial charge in [-0.3, -0.25) is 9.69 Å². The van der Waals surface area contributed by atoms with Crippen LogP contribution in [0.15, 0.2) is 30.3 Å². The van der Waals surface area contributed by atoms with E-state index in [4.69, 9.17) is 4.74 Å². The minimum absolute atomic E-state index is 0.161. The first-order valence-corrected chi connectivity index (χ1v) is 7.88. The fraction of sp³-hybridized carbons (Fsp3) is 0.588. The van der Waals surface area contributed by atoms with Crippen molar-refractivity contribution in [1.29, 1.82) is 0 Å². The summed E-state index contributed by atoms with van der Waals surface area (Å²) in [5.74, 6) is -0.378. The number of hydrogen-bond acceptors (Lipinski definition) is 4. The molecule has 1 heterocycles. The van der Waals surface area contributed by atoms with Crippen molar-refractivity contribution >= 4 is 5.97 Å². The van der Waals surface area contributed by atoms with E-state index in [1.54, 1.807) is 0 Å². The van der Waals surface area contributed by atoms with Crippen LogP contribution in [0.25, 0.3) is 0 Å². The van der Waals surface area contributed by atoms with Crippen LogP contribution in [-0.2, 0) is 9.53 Å². The molecular weight excluding hydrogens is 264 g/mol. The Morgan fingerprint density at radius 2 is 2.10 bits per heavy atom. The normalized spacial score (nSPS) is 24.0. The fourth-order valence-electron chi connectivity index (χ4n) is 3.17. The summed E-state index contributed by atoms with van der Waals surface area (Å²) in [5.41, 5.74) is 1.02. The zero-order chi connectivity index (χ0) is 14.7. The quantitative estimate of drug-likeness (QED) is 0.810. The standard InChI is InChI=1S/C17H24N2O2/c1-21-17(20)16(13-5-3-2-4-6-13)11-18-14-9-10-19(12-14)15-7-8-15/h2-6,14-16,18H,7-12H2,1H3. The van der Waals surface area contributed by atoms with Crippen molar-refractivity contribution in [3.05, 3.63) is 35.9 Å². The summed E-state index contributed by atoms with van der Waals surface area (Å²) in [4.78, 5) is 14.6. The molecule has 1 aliphatic heterocycles. The molecule has 4 heteroatoms. The number of carbonyl (C=O) groups is 1. The molecule has 1 saturated carbocycles. The Morgan fingerprint density at radius 3 is 2.76 bits per heavy atom. The van der Waals surface area contributed by atoms with Crippen molar-refractivity contribution in [2.45, 2.75) is 37.3 Å². The van der Waals surface area contributed by atoms with Gasteiger partial charge in [0.1, 0.15) is 0 Å². The summed E-state index contributed by atoms with van der Waals surface area (Å²) >= 11 is 0. The number of nitrogens with one attached hydrogen (secondary N) is 1. The number of rotatable bonds is 6. The molecule has 1 aliphatic carbocycles. The smallest absolute Gasteiger partial charge is 0.314 e. The largest absolute Gasteiger partial charge is 0.469 e. The Morgan fingerprint density at radius 1 is 1.33 bits per heavy atom. The number of esters is 1. The minimum atomic E-state index is -0.217. The Kier molecular flexibility index (Phi) is 4.56. The summed E-state index contributed by atoms with van der Waals surface area (Å²) in [6.07, 6.45) is 3.90. The van der Waals surface area contributed by atoms with Crippen LogP contribution in [0.5, 0.6) is 0 Å². The Balaban J connectivity index is 1.56. The number of carbonyl (C=O) groups excluding carboxylic acids is 1. The van der Waals surface area contributed by atoms with Crippen LogP contribution in [-0.4, -0.2) is 49.7 Å². The summed E-state index contributed by atoms with van der Waals surface area (Å²) < 4.78 is 4.96. The number of nitrogens with zero attached hydrogens (tertiary/aromatic N) is 1. The van der Waals surface area contributed by atoms with E-state index >= 15 is 0 Å². The lowest BCUT2D eigenvalue weighted by molar-refractivity contribution is -0.142. The van der Waals surface area contributed by atoms with Crippen molar-refractivity contribution < 1.29 is 9.53 Å². The molecule has 4 nitrogen and oxygen atoms in total. The monoisotopic (exact) mass is 288 g/mol. The van der Waals surface area contributed by atoms with Crippen LogP contribution in [0, 0.1) is 0 Å². The molecule has 1 saturated heterocycles. The molecule has 1 N–H and O–H groups in total. The van der Waals surface area contributed by atoms with Gasteiger partial charge in [-0.1, -0.05) is 30.3 Å². The van der Waals surface area contributed by atoms with Crippen LogP contribution in [0.3, 0.4) is 0 Å². The molecule has 3 rings (SSSR count). The molecule has 2 unspecified atom stereocenters. The van der Waals surface area contributed by atoms with Crippen LogP contribution in [0.4, 0.5) is 0 Å². The maximum atomic E-state index is 12.0. The summed E-state index contributed by atoms with van der Waals surface area (Å²) in [7, 11) is 1.46. The molecule has 114 valence electrons. The van der Waals surface area contributed by atoms with Crippen LogP contribution in [0.1, 0.15) is 30.7 Å². The predicted molar refractivity (Wildman–Crippen MR) is 82.2 cm³/mol. The van der Waals surface area contributed by atoms with Gasteiger partial charge in [-0.05, 0) is 24.8 Å². The molecule has 0 spiro atoms. The second kappa shape index (κ2) is 6.58. The van der Waals surface area contributed by atoms with Crippen LogP contribution in [0.2, 0.25) is 0 Å². The Hall–Kier alpha value is -1.39. The first-order chi connectivity index (χ1) is 10.3. The van der Waals surface area contributed by atoms with Gasteiger partial charge in [-0.25, -0.2) is 0 Å². The van der Waals surface area contributed by atoms with Crippen molar-refractivity contribution in [1.82, 2.24) is 10.2 Å². The van der Waals surface area contributed by atoms with Gasteiger partial charge in [0.2, 0.25) is 0 Å². The number of ether oxygens (including phenoxy) is 1. The van der Waals surface area contributed by atoms with E-state index in [-0.39, 0.29) is 11.9 Å². The fourth-order valence-corrected chi connectivity index (χ4v) is 3.17. The highest BCUT2D eigenvalue weighted by atomic mass is 16.5. The number of hydrogen-bond donors (Lipinski definition) is 1. The third kappa shape index (κ3) is 3.63. The van der Waals surface area contributed by atoms with Crippen molar-refractivity contribution in [3.8, 4) is 0 Å². The van der Waals surface area contributed by atoms with E-state index in [0.717, 1.165) is 18.2 Å². The molecule has 2 atom stereocenters. The molecule has 1 aromatic rings. The predicted octanol–water partition coefficient (Wildman–Crippen LogP) is 1.77. The maximum Gasteiger partial charge on any atom is 0.314 e. The average Bonchev–Trinajstić information content (AvgIpc) is 3.27. The molecule has 0 radical (unpaired) electrons. The molecule has 2 fully saturated rings. The molecule has 1 aromatic carbocycles. The van der Waals surface area contributed by atoms with Gasteiger partial charge in [-0.15, -0.1) is 0 Å². The van der Waals surface area contributed by atoms with E-state index in [9.17, 15) is 4.79 Å². The van der Waals surface area contributed by atoms with Gasteiger partial charge >= 0.3 is 5.97 Å². The average molecular weight is 288 g/mol. The lowest BCUT2D eigenvalue weighted by atomic mass is 9.99. The first-order valence-electron chi connectivity index (χ1n) is 7.88. The highest BCUT2D eigenvalue weighted by Crippen LogP contribution is 2.30. The first kappa shape index (κ1) is 14.5. The highest BCUT2D eigenvalue weighted by molar-refractivity contribution is 5.78. The molecule has 0 amide bonds. The lowest BCUT2D eigenvalue weighted by Gasteiger charge is -2.20. The molecular formula is C17H24N2O2. The van der Waals surface area contributed by atoms with E-state index in [2.05, 4.69) is 10.2 Å². The second-order valence-corrected chi connectivity index (χ2v) is 6.11. The van der Waals surface area contributed by atoms with Crippen LogP contribution < -0.4 is 5.32 Å². The minimum Gasteiger partial charge on any atom is -0.469 e. The summed E-state index contributed by atoms with van der Waals surface area (Å²) in [6, 6.07) is 11.2. The number of likely N-dealkylation sites (tertiary alicyclic amines) is 1. The van der Waals surface area contributed by atoms with E-state index in [1.807, 2.05) is 30.3 Å². The van der Waals surface area contributed by atoms with Gasteiger partial charge in [0.05, 0.1) is 13.0 Å². The third-order valence-corrected chi connectivity index (χ3v) is 4.58.